The molecule has 1 saturated heterocycles. The van der Waals surface area contributed by atoms with E-state index in [0.717, 1.165) is 12.1 Å². The monoisotopic (exact) mass is 329 g/mol. The van der Waals surface area contributed by atoms with Gasteiger partial charge in [-0.2, -0.15) is 0 Å². The van der Waals surface area contributed by atoms with Gasteiger partial charge < -0.3 is 19.6 Å². The number of anilines is 1. The van der Waals surface area contributed by atoms with Gasteiger partial charge >= 0.3 is 6.01 Å². The number of aromatic amines is 1. The Morgan fingerprint density at radius 2 is 2.29 bits per heavy atom. The molecule has 0 spiro atoms. The van der Waals surface area contributed by atoms with E-state index in [2.05, 4.69) is 38.7 Å². The highest BCUT2D eigenvalue weighted by Gasteiger charge is 2.34. The molecule has 3 aromatic rings. The topological polar surface area (TPSA) is 70.0 Å². The van der Waals surface area contributed by atoms with Crippen molar-refractivity contribution in [3.8, 4) is 0 Å². The van der Waals surface area contributed by atoms with Crippen LogP contribution in [-0.4, -0.2) is 40.5 Å². The molecule has 1 aliphatic heterocycles. The summed E-state index contributed by atoms with van der Waals surface area (Å²) in [5, 5.41) is 12.5. The third-order valence-corrected chi connectivity index (χ3v) is 4.51. The zero-order valence-corrected chi connectivity index (χ0v) is 13.5. The molecule has 0 saturated carbocycles. The van der Waals surface area contributed by atoms with Crippen molar-refractivity contribution < 1.29 is 8.81 Å². The van der Waals surface area contributed by atoms with Crippen LogP contribution in [0.1, 0.15) is 17.9 Å². The van der Waals surface area contributed by atoms with Crippen LogP contribution in [0.15, 0.2) is 34.9 Å². The van der Waals surface area contributed by atoms with Gasteiger partial charge in [0.25, 0.3) is 0 Å². The highest BCUT2D eigenvalue weighted by Crippen LogP contribution is 2.26. The number of rotatable bonds is 5. The molecule has 1 aliphatic rings. The van der Waals surface area contributed by atoms with E-state index < -0.39 is 6.17 Å². The van der Waals surface area contributed by atoms with E-state index in [0.29, 0.717) is 31.4 Å². The summed E-state index contributed by atoms with van der Waals surface area (Å²) in [6, 6.07) is 8.71. The molecule has 0 amide bonds. The molecule has 2 N–H and O–H groups in total. The van der Waals surface area contributed by atoms with E-state index >= 15 is 0 Å². The lowest BCUT2D eigenvalue weighted by Gasteiger charge is -2.22. The minimum absolute atomic E-state index is 0.0188. The third-order valence-electron chi connectivity index (χ3n) is 4.51. The van der Waals surface area contributed by atoms with Gasteiger partial charge in [0.15, 0.2) is 0 Å². The molecule has 2 atom stereocenters. The SMILES string of the molecule is Cc1nnc(N2C[C@@H](F)C[C@H]2CNCc2cccc3[nH]ccc23)o1. The molecule has 6 nitrogen and oxygen atoms in total. The minimum atomic E-state index is -0.864. The molecular weight excluding hydrogens is 309 g/mol. The molecule has 7 heteroatoms. The zero-order valence-electron chi connectivity index (χ0n) is 13.5. The van der Waals surface area contributed by atoms with Gasteiger partial charge in [-0.15, -0.1) is 5.10 Å². The summed E-state index contributed by atoms with van der Waals surface area (Å²) in [6.07, 6.45) is 1.55. The zero-order chi connectivity index (χ0) is 16.5. The predicted octanol–water partition coefficient (Wildman–Crippen LogP) is 2.57. The normalized spacial score (nSPS) is 21.0. The smallest absolute Gasteiger partial charge is 0.318 e. The summed E-state index contributed by atoms with van der Waals surface area (Å²) in [5.74, 6) is 0.498. The number of aromatic nitrogens is 3. The number of aryl methyl sites for hydroxylation is 1. The first-order valence-electron chi connectivity index (χ1n) is 8.17. The second-order valence-electron chi connectivity index (χ2n) is 6.23. The van der Waals surface area contributed by atoms with Crippen molar-refractivity contribution in [1.82, 2.24) is 20.5 Å². The molecule has 3 heterocycles. The molecule has 0 radical (unpaired) electrons. The average Bonchev–Trinajstić information content (AvgIpc) is 3.27. The van der Waals surface area contributed by atoms with Gasteiger partial charge in [-0.3, -0.25) is 0 Å². The number of hydrogen-bond acceptors (Lipinski definition) is 5. The molecule has 0 unspecified atom stereocenters. The largest absolute Gasteiger partial charge is 0.408 e. The summed E-state index contributed by atoms with van der Waals surface area (Å²) >= 11 is 0. The molecule has 4 rings (SSSR count). The predicted molar refractivity (Wildman–Crippen MR) is 89.7 cm³/mol. The lowest BCUT2D eigenvalue weighted by molar-refractivity contribution is 0.354. The highest BCUT2D eigenvalue weighted by atomic mass is 19.1. The molecule has 24 heavy (non-hydrogen) atoms. The number of nitrogens with zero attached hydrogens (tertiary/aromatic N) is 3. The molecule has 0 bridgehead atoms. The second-order valence-corrected chi connectivity index (χ2v) is 6.23. The number of fused-ring (bicyclic) bond motifs is 1. The Bertz CT molecular complexity index is 829. The Labute approximate surface area is 139 Å². The van der Waals surface area contributed by atoms with Crippen LogP contribution < -0.4 is 10.2 Å². The molecule has 126 valence electrons. The van der Waals surface area contributed by atoms with Crippen molar-refractivity contribution in [1.29, 1.82) is 0 Å². The van der Waals surface area contributed by atoms with Crippen LogP contribution >= 0.6 is 0 Å². The van der Waals surface area contributed by atoms with E-state index in [-0.39, 0.29) is 6.04 Å². The van der Waals surface area contributed by atoms with Crippen LogP contribution in [-0.2, 0) is 6.54 Å². The highest BCUT2D eigenvalue weighted by molar-refractivity contribution is 5.82. The van der Waals surface area contributed by atoms with E-state index in [1.165, 1.54) is 10.9 Å². The standard InChI is InChI=1S/C17H20FN5O/c1-11-21-22-17(24-11)23-10-13(18)7-14(23)9-19-8-12-3-2-4-16-15(12)5-6-20-16/h2-6,13-14,19-20H,7-10H2,1H3/t13-,14-/m0/s1. The van der Waals surface area contributed by atoms with Crippen LogP contribution in [0.25, 0.3) is 10.9 Å². The van der Waals surface area contributed by atoms with E-state index in [1.807, 2.05) is 17.2 Å². The van der Waals surface area contributed by atoms with E-state index in [4.69, 9.17) is 4.42 Å². The van der Waals surface area contributed by atoms with Crippen molar-refractivity contribution in [2.75, 3.05) is 18.0 Å². The maximum Gasteiger partial charge on any atom is 0.318 e. The van der Waals surface area contributed by atoms with Crippen LogP contribution in [0.5, 0.6) is 0 Å². The van der Waals surface area contributed by atoms with Gasteiger partial charge in [0.05, 0.1) is 6.54 Å². The lowest BCUT2D eigenvalue weighted by Crippen LogP contribution is -2.38. The van der Waals surface area contributed by atoms with Crippen LogP contribution in [0, 0.1) is 6.92 Å². The molecule has 2 aromatic heterocycles. The van der Waals surface area contributed by atoms with Gasteiger partial charge in [-0.1, -0.05) is 17.2 Å². The van der Waals surface area contributed by atoms with Gasteiger partial charge in [-0.05, 0) is 17.7 Å². The van der Waals surface area contributed by atoms with Crippen LogP contribution in [0.2, 0.25) is 0 Å². The average molecular weight is 329 g/mol. The summed E-state index contributed by atoms with van der Waals surface area (Å²) in [6.45, 7) is 3.45. The number of H-pyrrole nitrogens is 1. The first-order chi connectivity index (χ1) is 11.7. The number of hydrogen-bond donors (Lipinski definition) is 2. The minimum Gasteiger partial charge on any atom is -0.408 e. The first kappa shape index (κ1) is 15.1. The summed E-state index contributed by atoms with van der Waals surface area (Å²) in [5.41, 5.74) is 2.35. The van der Waals surface area contributed by atoms with Crippen molar-refractivity contribution in [2.45, 2.75) is 32.1 Å². The number of benzene rings is 1. The lowest BCUT2D eigenvalue weighted by atomic mass is 10.1. The Hall–Kier alpha value is -2.41. The van der Waals surface area contributed by atoms with Gasteiger partial charge in [-0.25, -0.2) is 4.39 Å². The van der Waals surface area contributed by atoms with Crippen LogP contribution in [0.4, 0.5) is 10.4 Å². The Balaban J connectivity index is 1.42. The number of halogens is 1. The Kier molecular flexibility index (Phi) is 3.93. The van der Waals surface area contributed by atoms with Crippen molar-refractivity contribution >= 4 is 16.9 Å². The quantitative estimate of drug-likeness (QED) is 0.753. The van der Waals surface area contributed by atoms with Crippen molar-refractivity contribution in [3.63, 3.8) is 0 Å². The summed E-state index contributed by atoms with van der Waals surface area (Å²) in [4.78, 5) is 5.08. The van der Waals surface area contributed by atoms with E-state index in [9.17, 15) is 4.39 Å². The third kappa shape index (κ3) is 2.87. The molecule has 1 fully saturated rings. The number of alkyl halides is 1. The van der Waals surface area contributed by atoms with Crippen molar-refractivity contribution in [3.05, 3.63) is 41.9 Å². The van der Waals surface area contributed by atoms with Gasteiger partial charge in [0.2, 0.25) is 5.89 Å². The summed E-state index contributed by atoms with van der Waals surface area (Å²) in [7, 11) is 0. The fourth-order valence-electron chi connectivity index (χ4n) is 3.37. The molecule has 0 aliphatic carbocycles. The Morgan fingerprint density at radius 3 is 3.12 bits per heavy atom. The molecular formula is C17H20FN5O. The van der Waals surface area contributed by atoms with Crippen molar-refractivity contribution in [2.24, 2.45) is 0 Å². The second kappa shape index (κ2) is 6.24. The fourth-order valence-corrected chi connectivity index (χ4v) is 3.37. The van der Waals surface area contributed by atoms with E-state index in [1.54, 1.807) is 6.92 Å². The maximum atomic E-state index is 13.9. The number of nitrogens with one attached hydrogen (secondary N) is 2. The van der Waals surface area contributed by atoms with Gasteiger partial charge in [0, 0.05) is 49.6 Å². The van der Waals surface area contributed by atoms with Gasteiger partial charge in [0.1, 0.15) is 6.17 Å². The van der Waals surface area contributed by atoms with Crippen LogP contribution in [0.3, 0.4) is 0 Å². The molecule has 1 aromatic carbocycles. The fraction of sp³-hybridized carbons (Fsp3) is 0.412. The Morgan fingerprint density at radius 1 is 1.38 bits per heavy atom. The summed E-state index contributed by atoms with van der Waals surface area (Å²) < 4.78 is 19.3. The maximum absolute atomic E-state index is 13.9. The first-order valence-corrected chi connectivity index (χ1v) is 8.17.